The van der Waals surface area contributed by atoms with E-state index in [0.717, 1.165) is 13.3 Å². The third-order valence-electron chi connectivity index (χ3n) is 4.07. The number of rotatable bonds is 4. The quantitative estimate of drug-likeness (QED) is 0.634. The highest BCUT2D eigenvalue weighted by molar-refractivity contribution is 7.95. The summed E-state index contributed by atoms with van der Waals surface area (Å²) in [4.78, 5) is 0. The third kappa shape index (κ3) is 4.13. The Balaban J connectivity index is 0.000000925. The molecule has 0 aliphatic carbocycles. The molecule has 126 valence electrons. The van der Waals surface area contributed by atoms with Crippen molar-refractivity contribution in [2.45, 2.75) is 6.92 Å². The first-order valence-electron chi connectivity index (χ1n) is 7.87. The molecule has 3 aromatic rings. The second kappa shape index (κ2) is 10.4. The van der Waals surface area contributed by atoms with Gasteiger partial charge < -0.3 is 22.1 Å². The molecule has 0 aliphatic heterocycles. The largest absolute Gasteiger partial charge is 1.00 e. The third-order valence-corrected chi connectivity index (χ3v) is 8.55. The van der Waals surface area contributed by atoms with E-state index in [4.69, 9.17) is 5.11 Å². The second-order valence-electron chi connectivity index (χ2n) is 5.13. The second-order valence-corrected chi connectivity index (χ2v) is 8.93. The van der Waals surface area contributed by atoms with E-state index in [1.54, 1.807) is 0 Å². The minimum absolute atomic E-state index is 0. The fraction of sp³-hybridized carbons (Fsp3) is 0.143. The molecule has 0 fully saturated rings. The van der Waals surface area contributed by atoms with E-state index in [0.29, 0.717) is 0 Å². The van der Waals surface area contributed by atoms with Gasteiger partial charge in [-0.25, -0.2) is 0 Å². The smallest absolute Gasteiger partial charge is 0.111 e. The van der Waals surface area contributed by atoms with E-state index in [-0.39, 0.29) is 17.0 Å². The van der Waals surface area contributed by atoms with Crippen LogP contribution in [0.15, 0.2) is 91.0 Å². The molecule has 0 radical (unpaired) electrons. The average Bonchev–Trinajstić information content (AvgIpc) is 2.67. The van der Waals surface area contributed by atoms with Crippen LogP contribution in [0.5, 0.6) is 0 Å². The number of aliphatic hydroxyl groups is 1. The van der Waals surface area contributed by atoms with Crippen LogP contribution in [-0.2, 0) is 0 Å². The van der Waals surface area contributed by atoms with Crippen LogP contribution in [0.2, 0.25) is 0 Å². The van der Waals surface area contributed by atoms with Gasteiger partial charge in [-0.2, -0.15) is 0 Å². The van der Waals surface area contributed by atoms with Crippen molar-refractivity contribution in [2.24, 2.45) is 0 Å². The van der Waals surface area contributed by atoms with Gasteiger partial charge in [0.1, 0.15) is 23.2 Å². The minimum atomic E-state index is -1.53. The number of hydrogen-bond donors (Lipinski definition) is 1. The van der Waals surface area contributed by atoms with Crippen LogP contribution in [0.4, 0.5) is 0 Å². The van der Waals surface area contributed by atoms with Crippen molar-refractivity contribution in [3.05, 3.63) is 91.0 Å². The molecule has 3 aromatic carbocycles. The summed E-state index contributed by atoms with van der Waals surface area (Å²) in [6, 6.07) is 33.0. The van der Waals surface area contributed by atoms with Gasteiger partial charge in [0.15, 0.2) is 0 Å². The molecule has 3 heteroatoms. The van der Waals surface area contributed by atoms with Gasteiger partial charge in [-0.1, -0.05) is 54.6 Å². The van der Waals surface area contributed by atoms with E-state index >= 15 is 0 Å². The van der Waals surface area contributed by atoms with Crippen molar-refractivity contribution in [3.8, 4) is 0 Å². The summed E-state index contributed by atoms with van der Waals surface area (Å²) in [6.45, 7) is 2.32. The van der Waals surface area contributed by atoms with Crippen molar-refractivity contribution >= 4 is 23.2 Å². The molecule has 0 aliphatic rings. The number of benzene rings is 3. The molecule has 0 spiro atoms. The first-order chi connectivity index (χ1) is 11.4. The standard InChI is InChI=1S/C20H20P.CH4O.BrH/c1-2-21(18-12-6-3-7-13-18,19-14-8-4-9-15-19)20-16-10-5-11-17-20;1-2;/h3-17H,2H2,1H3;2H,1H3;1H/q+1;;/p-1. The Labute approximate surface area is 156 Å². The van der Waals surface area contributed by atoms with Gasteiger partial charge >= 0.3 is 0 Å². The highest BCUT2D eigenvalue weighted by Crippen LogP contribution is 2.54. The zero-order chi connectivity index (χ0) is 16.5. The predicted molar refractivity (Wildman–Crippen MR) is 104 cm³/mol. The zero-order valence-corrected chi connectivity index (χ0v) is 16.6. The maximum atomic E-state index is 7.00. The molecule has 24 heavy (non-hydrogen) atoms. The normalized spacial score (nSPS) is 10.1. The summed E-state index contributed by atoms with van der Waals surface area (Å²) in [5.74, 6) is 0. The number of halogens is 1. The lowest BCUT2D eigenvalue weighted by molar-refractivity contribution is -0.00000533. The Morgan fingerprint density at radius 3 is 1.04 bits per heavy atom. The van der Waals surface area contributed by atoms with E-state index in [1.165, 1.54) is 15.9 Å². The summed E-state index contributed by atoms with van der Waals surface area (Å²) < 4.78 is 0. The summed E-state index contributed by atoms with van der Waals surface area (Å²) in [7, 11) is -0.534. The van der Waals surface area contributed by atoms with Crippen LogP contribution in [0.1, 0.15) is 6.92 Å². The summed E-state index contributed by atoms with van der Waals surface area (Å²) in [5, 5.41) is 11.4. The van der Waals surface area contributed by atoms with Gasteiger partial charge in [-0.15, -0.1) is 0 Å². The Hall–Kier alpha value is -1.47. The lowest BCUT2D eigenvalue weighted by Gasteiger charge is -2.26. The monoisotopic (exact) mass is 402 g/mol. The minimum Gasteiger partial charge on any atom is -1.00 e. The van der Waals surface area contributed by atoms with Gasteiger partial charge in [-0.3, -0.25) is 0 Å². The Morgan fingerprint density at radius 1 is 0.583 bits per heavy atom. The lowest BCUT2D eigenvalue weighted by Crippen LogP contribution is -3.00. The van der Waals surface area contributed by atoms with Crippen LogP contribution in [0.25, 0.3) is 0 Å². The average molecular weight is 403 g/mol. The Bertz CT molecular complexity index is 590. The predicted octanol–water partition coefficient (Wildman–Crippen LogP) is 0.613. The first-order valence-corrected chi connectivity index (χ1v) is 9.85. The molecule has 0 saturated carbocycles. The molecule has 0 atom stereocenters. The SMILES string of the molecule is CC[P+](c1ccccc1)(c1ccccc1)c1ccccc1.CO.[Br-]. The molecular formula is C21H24BrOP. The fourth-order valence-electron chi connectivity index (χ4n) is 3.04. The van der Waals surface area contributed by atoms with Crippen LogP contribution in [-0.4, -0.2) is 18.4 Å². The van der Waals surface area contributed by atoms with Crippen molar-refractivity contribution in [1.29, 1.82) is 0 Å². The maximum absolute atomic E-state index is 7.00. The van der Waals surface area contributed by atoms with Gasteiger partial charge in [-0.05, 0) is 43.3 Å². The molecule has 0 saturated heterocycles. The highest BCUT2D eigenvalue weighted by Gasteiger charge is 2.43. The molecular weight excluding hydrogens is 379 g/mol. The van der Waals surface area contributed by atoms with E-state index in [2.05, 4.69) is 97.9 Å². The van der Waals surface area contributed by atoms with E-state index < -0.39 is 7.26 Å². The molecule has 0 heterocycles. The van der Waals surface area contributed by atoms with Gasteiger partial charge in [0.2, 0.25) is 0 Å². The van der Waals surface area contributed by atoms with Crippen LogP contribution in [0, 0.1) is 0 Å². The van der Waals surface area contributed by atoms with Crippen LogP contribution < -0.4 is 32.9 Å². The zero-order valence-electron chi connectivity index (χ0n) is 14.1. The van der Waals surface area contributed by atoms with Crippen LogP contribution in [0.3, 0.4) is 0 Å². The molecule has 3 rings (SSSR count). The molecule has 0 unspecified atom stereocenters. The molecule has 0 aromatic heterocycles. The summed E-state index contributed by atoms with van der Waals surface area (Å²) >= 11 is 0. The molecule has 1 N–H and O–H groups in total. The van der Waals surface area contributed by atoms with Crippen molar-refractivity contribution in [3.63, 3.8) is 0 Å². The van der Waals surface area contributed by atoms with E-state index in [1.807, 2.05) is 0 Å². The molecule has 0 amide bonds. The van der Waals surface area contributed by atoms with Gasteiger partial charge in [0.25, 0.3) is 0 Å². The summed E-state index contributed by atoms with van der Waals surface area (Å²) in [5.41, 5.74) is 0. The topological polar surface area (TPSA) is 20.2 Å². The van der Waals surface area contributed by atoms with Gasteiger partial charge in [0.05, 0.1) is 6.16 Å². The number of hydrogen-bond acceptors (Lipinski definition) is 1. The van der Waals surface area contributed by atoms with Gasteiger partial charge in [0, 0.05) is 7.11 Å². The van der Waals surface area contributed by atoms with E-state index in [9.17, 15) is 0 Å². The maximum Gasteiger partial charge on any atom is 0.111 e. The fourth-order valence-corrected chi connectivity index (χ4v) is 7.08. The number of aliphatic hydroxyl groups excluding tert-OH is 1. The molecule has 1 nitrogen and oxygen atoms in total. The summed E-state index contributed by atoms with van der Waals surface area (Å²) in [6.07, 6.45) is 1.14. The first kappa shape index (κ1) is 20.6. The van der Waals surface area contributed by atoms with Crippen molar-refractivity contribution < 1.29 is 22.1 Å². The lowest BCUT2D eigenvalue weighted by atomic mass is 10.4. The molecule has 0 bridgehead atoms. The van der Waals surface area contributed by atoms with Crippen LogP contribution >= 0.6 is 7.26 Å². The highest BCUT2D eigenvalue weighted by atomic mass is 79.9. The Kier molecular flexibility index (Phi) is 8.92. The van der Waals surface area contributed by atoms with Crippen molar-refractivity contribution in [1.82, 2.24) is 0 Å². The Morgan fingerprint density at radius 2 is 0.833 bits per heavy atom. The van der Waals surface area contributed by atoms with Crippen molar-refractivity contribution in [2.75, 3.05) is 13.3 Å².